The van der Waals surface area contributed by atoms with Gasteiger partial charge >= 0.3 is 0 Å². The number of hydrazone groups is 1. The maximum Gasteiger partial charge on any atom is 0.271 e. The van der Waals surface area contributed by atoms with Gasteiger partial charge in [-0.3, -0.25) is 4.79 Å². The van der Waals surface area contributed by atoms with Crippen LogP contribution in [0, 0.1) is 13.8 Å². The number of hydrogen-bond donors (Lipinski definition) is 1. The SMILES string of the molecule is COc1cc(OC)cc(C(=O)N/N=C\c2cc(C)n(-c3cc(Cl)ccc3OC)c2C)c1. The molecule has 1 heterocycles. The molecule has 0 aliphatic carbocycles. The average Bonchev–Trinajstić information content (AvgIpc) is 3.05. The van der Waals surface area contributed by atoms with Crippen LogP contribution in [0.1, 0.15) is 27.3 Å². The van der Waals surface area contributed by atoms with E-state index in [1.54, 1.807) is 37.6 Å². The lowest BCUT2D eigenvalue weighted by Gasteiger charge is -2.14. The minimum Gasteiger partial charge on any atom is -0.497 e. The van der Waals surface area contributed by atoms with Crippen molar-refractivity contribution in [2.24, 2.45) is 5.10 Å². The van der Waals surface area contributed by atoms with Crippen LogP contribution >= 0.6 is 11.6 Å². The molecule has 0 atom stereocenters. The third-order valence-electron chi connectivity index (χ3n) is 4.84. The second-order valence-corrected chi connectivity index (χ2v) is 7.21. The van der Waals surface area contributed by atoms with E-state index in [2.05, 4.69) is 10.5 Å². The van der Waals surface area contributed by atoms with Gasteiger partial charge in [-0.2, -0.15) is 5.10 Å². The number of nitrogens with one attached hydrogen (secondary N) is 1. The molecule has 0 radical (unpaired) electrons. The van der Waals surface area contributed by atoms with Crippen molar-refractivity contribution in [2.75, 3.05) is 21.3 Å². The summed E-state index contributed by atoms with van der Waals surface area (Å²) in [5, 5.41) is 4.73. The maximum atomic E-state index is 12.5. The van der Waals surface area contributed by atoms with Gasteiger partial charge in [-0.15, -0.1) is 0 Å². The van der Waals surface area contributed by atoms with Gasteiger partial charge in [-0.1, -0.05) is 11.6 Å². The molecule has 3 aromatic rings. The Morgan fingerprint density at radius 1 is 1.00 bits per heavy atom. The second-order valence-electron chi connectivity index (χ2n) is 6.78. The molecule has 0 saturated heterocycles. The number of ether oxygens (including phenoxy) is 3. The lowest BCUT2D eigenvalue weighted by molar-refractivity contribution is 0.0954. The normalized spacial score (nSPS) is 10.9. The Hall–Kier alpha value is -3.45. The zero-order valence-electron chi connectivity index (χ0n) is 18.0. The average molecular weight is 442 g/mol. The first kappa shape index (κ1) is 22.2. The van der Waals surface area contributed by atoms with E-state index in [0.29, 0.717) is 27.8 Å². The molecule has 0 saturated carbocycles. The predicted molar refractivity (Wildman–Crippen MR) is 121 cm³/mol. The Morgan fingerprint density at radius 2 is 1.68 bits per heavy atom. The van der Waals surface area contributed by atoms with Crippen molar-refractivity contribution in [3.63, 3.8) is 0 Å². The monoisotopic (exact) mass is 441 g/mol. The first-order valence-electron chi connectivity index (χ1n) is 9.47. The number of halogens is 1. The van der Waals surface area contributed by atoms with Gasteiger partial charge in [0.1, 0.15) is 17.2 Å². The Labute approximate surface area is 186 Å². The quantitative estimate of drug-likeness (QED) is 0.431. The van der Waals surface area contributed by atoms with Crippen molar-refractivity contribution in [3.05, 3.63) is 70.0 Å². The van der Waals surface area contributed by atoms with Gasteiger partial charge in [0.25, 0.3) is 5.91 Å². The number of benzene rings is 2. The largest absolute Gasteiger partial charge is 0.497 e. The standard InChI is InChI=1S/C23H24ClN3O4/c1-14-8-17(15(2)27(14)21-11-18(24)6-7-22(21)31-5)13-25-26-23(28)16-9-19(29-3)12-20(10-16)30-4/h6-13H,1-5H3,(H,26,28)/b25-13-. The first-order chi connectivity index (χ1) is 14.9. The Balaban J connectivity index is 1.84. The van der Waals surface area contributed by atoms with Crippen LogP contribution in [0.5, 0.6) is 17.2 Å². The fourth-order valence-electron chi connectivity index (χ4n) is 3.29. The molecule has 0 spiro atoms. The first-order valence-corrected chi connectivity index (χ1v) is 9.85. The number of carbonyl (C=O) groups excluding carboxylic acids is 1. The molecule has 1 amide bonds. The number of aromatic nitrogens is 1. The van der Waals surface area contributed by atoms with E-state index in [0.717, 1.165) is 22.6 Å². The van der Waals surface area contributed by atoms with E-state index >= 15 is 0 Å². The molecule has 3 rings (SSSR count). The van der Waals surface area contributed by atoms with E-state index in [1.807, 2.05) is 36.6 Å². The number of hydrogen-bond acceptors (Lipinski definition) is 5. The summed E-state index contributed by atoms with van der Waals surface area (Å²) in [5.41, 5.74) is 6.50. The van der Waals surface area contributed by atoms with E-state index in [1.165, 1.54) is 14.2 Å². The summed E-state index contributed by atoms with van der Waals surface area (Å²) in [6.07, 6.45) is 1.60. The van der Waals surface area contributed by atoms with Crippen molar-refractivity contribution in [3.8, 4) is 22.9 Å². The lowest BCUT2D eigenvalue weighted by Crippen LogP contribution is -2.17. The van der Waals surface area contributed by atoms with Crippen LogP contribution < -0.4 is 19.6 Å². The Morgan fingerprint density at radius 3 is 2.29 bits per heavy atom. The summed E-state index contributed by atoms with van der Waals surface area (Å²) < 4.78 is 17.9. The van der Waals surface area contributed by atoms with Gasteiger partial charge in [0.2, 0.25) is 0 Å². The zero-order chi connectivity index (χ0) is 22.5. The summed E-state index contributed by atoms with van der Waals surface area (Å²) in [5.74, 6) is 1.37. The van der Waals surface area contributed by atoms with Gasteiger partial charge in [0.15, 0.2) is 0 Å². The zero-order valence-corrected chi connectivity index (χ0v) is 18.8. The predicted octanol–water partition coefficient (Wildman–Crippen LogP) is 4.54. The molecule has 31 heavy (non-hydrogen) atoms. The van der Waals surface area contributed by atoms with Crippen LogP contribution in [0.3, 0.4) is 0 Å². The van der Waals surface area contributed by atoms with Crippen LogP contribution in [0.2, 0.25) is 5.02 Å². The van der Waals surface area contributed by atoms with E-state index < -0.39 is 0 Å². The molecule has 0 aliphatic heterocycles. The highest BCUT2D eigenvalue weighted by Crippen LogP contribution is 2.30. The topological polar surface area (TPSA) is 74.1 Å². The van der Waals surface area contributed by atoms with Crippen molar-refractivity contribution in [2.45, 2.75) is 13.8 Å². The van der Waals surface area contributed by atoms with Crippen LogP contribution in [0.15, 0.2) is 47.6 Å². The smallest absolute Gasteiger partial charge is 0.271 e. The fraction of sp³-hybridized carbons (Fsp3) is 0.217. The maximum absolute atomic E-state index is 12.5. The lowest BCUT2D eigenvalue weighted by atomic mass is 10.2. The minimum absolute atomic E-state index is 0.376. The molecular formula is C23H24ClN3O4. The minimum atomic E-state index is -0.376. The van der Waals surface area contributed by atoms with E-state index in [4.69, 9.17) is 25.8 Å². The summed E-state index contributed by atoms with van der Waals surface area (Å²) in [4.78, 5) is 12.5. The Bertz CT molecular complexity index is 1120. The number of aryl methyl sites for hydroxylation is 1. The van der Waals surface area contributed by atoms with Crippen LogP contribution in [-0.4, -0.2) is 38.0 Å². The molecule has 8 heteroatoms. The third kappa shape index (κ3) is 4.83. The number of amides is 1. The summed E-state index contributed by atoms with van der Waals surface area (Å²) in [6, 6.07) is 12.4. The van der Waals surface area contributed by atoms with Crippen molar-refractivity contribution in [1.82, 2.24) is 9.99 Å². The number of methoxy groups -OCH3 is 3. The summed E-state index contributed by atoms with van der Waals surface area (Å²) in [7, 11) is 4.67. The molecule has 1 N–H and O–H groups in total. The van der Waals surface area contributed by atoms with Gasteiger partial charge in [0.05, 0.1) is 33.2 Å². The number of nitrogens with zero attached hydrogens (tertiary/aromatic N) is 2. The molecule has 0 unspecified atom stereocenters. The molecule has 0 aliphatic rings. The summed E-state index contributed by atoms with van der Waals surface area (Å²) >= 11 is 6.19. The van der Waals surface area contributed by atoms with E-state index in [-0.39, 0.29) is 5.91 Å². The molecule has 0 bridgehead atoms. The Kier molecular flexibility index (Phi) is 6.87. The number of rotatable bonds is 7. The van der Waals surface area contributed by atoms with Crippen LogP contribution in [0.4, 0.5) is 0 Å². The van der Waals surface area contributed by atoms with Gasteiger partial charge < -0.3 is 18.8 Å². The van der Waals surface area contributed by atoms with Crippen LogP contribution in [-0.2, 0) is 0 Å². The molecule has 0 fully saturated rings. The highest BCUT2D eigenvalue weighted by molar-refractivity contribution is 6.30. The molecule has 2 aromatic carbocycles. The van der Waals surface area contributed by atoms with Gasteiger partial charge in [-0.25, -0.2) is 5.43 Å². The van der Waals surface area contributed by atoms with Crippen molar-refractivity contribution >= 4 is 23.7 Å². The molecular weight excluding hydrogens is 418 g/mol. The van der Waals surface area contributed by atoms with Crippen molar-refractivity contribution in [1.29, 1.82) is 0 Å². The van der Waals surface area contributed by atoms with Gasteiger partial charge in [0, 0.05) is 33.6 Å². The second kappa shape index (κ2) is 9.57. The van der Waals surface area contributed by atoms with Crippen molar-refractivity contribution < 1.29 is 19.0 Å². The van der Waals surface area contributed by atoms with Gasteiger partial charge in [-0.05, 0) is 50.2 Å². The highest BCUT2D eigenvalue weighted by atomic mass is 35.5. The summed E-state index contributed by atoms with van der Waals surface area (Å²) in [6.45, 7) is 3.94. The molecule has 7 nitrogen and oxygen atoms in total. The molecule has 162 valence electrons. The fourth-order valence-corrected chi connectivity index (χ4v) is 3.46. The van der Waals surface area contributed by atoms with E-state index in [9.17, 15) is 4.79 Å². The number of carbonyl (C=O) groups is 1. The molecule has 1 aromatic heterocycles. The highest BCUT2D eigenvalue weighted by Gasteiger charge is 2.14. The third-order valence-corrected chi connectivity index (χ3v) is 5.07. The van der Waals surface area contributed by atoms with Crippen LogP contribution in [0.25, 0.3) is 5.69 Å².